The first-order chi connectivity index (χ1) is 25.6. The molecule has 6 rings (SSSR count). The number of phenolic OH excluding ortho intramolecular Hbond substituents is 2. The third-order valence-electron chi connectivity index (χ3n) is 9.79. The number of halogens is 4. The summed E-state index contributed by atoms with van der Waals surface area (Å²) in [5.41, 5.74) is 0.815. The van der Waals surface area contributed by atoms with Crippen LogP contribution in [0, 0.1) is 16.0 Å². The molecule has 0 saturated carbocycles. The van der Waals surface area contributed by atoms with E-state index in [1.54, 1.807) is 32.9 Å². The van der Waals surface area contributed by atoms with Crippen molar-refractivity contribution in [3.63, 3.8) is 0 Å². The Hall–Kier alpha value is -4.98. The fourth-order valence-corrected chi connectivity index (χ4v) is 6.71. The Kier molecular flexibility index (Phi) is 12.7. The highest BCUT2D eigenvalue weighted by molar-refractivity contribution is 6.30. The number of nitrogens with two attached hydrogens (primary N) is 1. The molecule has 0 bridgehead atoms. The Morgan fingerprint density at radius 2 is 1.64 bits per heavy atom. The predicted octanol–water partition coefficient (Wildman–Crippen LogP) is 4.65. The van der Waals surface area contributed by atoms with E-state index in [0.29, 0.717) is 6.07 Å². The molecule has 0 radical (unpaired) electrons. The Morgan fingerprint density at radius 3 is 2.14 bits per heavy atom. The van der Waals surface area contributed by atoms with E-state index in [9.17, 15) is 62.9 Å². The molecule has 56 heavy (non-hydrogen) atoms. The summed E-state index contributed by atoms with van der Waals surface area (Å²) >= 11 is 0. The van der Waals surface area contributed by atoms with E-state index >= 15 is 0 Å². The first-order valence-electron chi connectivity index (χ1n) is 17.0. The molecule has 2 aliphatic carbocycles. The lowest BCUT2D eigenvalue weighted by Gasteiger charge is -2.42. The van der Waals surface area contributed by atoms with Gasteiger partial charge in [-0.3, -0.25) is 29.3 Å². The van der Waals surface area contributed by atoms with Crippen LogP contribution in [0.4, 0.5) is 24.5 Å². The number of fused-ring (bicyclic) bond motifs is 3. The molecule has 1 amide bonds. The molecule has 3 aromatic rings. The van der Waals surface area contributed by atoms with E-state index in [1.807, 2.05) is 0 Å². The van der Waals surface area contributed by atoms with Crippen LogP contribution in [0.15, 0.2) is 42.5 Å². The smallest absolute Gasteiger partial charge is 0.423 e. The number of aromatic hydroxyl groups is 2. The van der Waals surface area contributed by atoms with Gasteiger partial charge < -0.3 is 41.0 Å². The number of amides is 1. The first-order valence-corrected chi connectivity index (χ1v) is 17.0. The van der Waals surface area contributed by atoms with Gasteiger partial charge in [-0.05, 0) is 26.0 Å². The van der Waals surface area contributed by atoms with Gasteiger partial charge in [-0.2, -0.15) is 13.2 Å². The van der Waals surface area contributed by atoms with Gasteiger partial charge in [-0.15, -0.1) is 12.4 Å². The number of carbonyl (C=O) groups excluding carboxylic acids is 4. The van der Waals surface area contributed by atoms with E-state index in [1.165, 1.54) is 19.1 Å². The summed E-state index contributed by atoms with van der Waals surface area (Å²) in [5.74, 6) is -3.94. The Labute approximate surface area is 323 Å². The van der Waals surface area contributed by atoms with E-state index in [0.717, 1.165) is 12.1 Å². The zero-order valence-electron chi connectivity index (χ0n) is 30.2. The summed E-state index contributed by atoms with van der Waals surface area (Å²) in [6.45, 7) is 5.95. The maximum absolute atomic E-state index is 13.3. The number of aliphatic hydroxyl groups excluding tert-OH is 1. The van der Waals surface area contributed by atoms with Crippen LogP contribution in [0.5, 0.6) is 11.5 Å². The number of aliphatic hydroxyl groups is 2. The highest BCUT2D eigenvalue weighted by Gasteiger charge is 2.49. The number of nitro benzene ring substituents is 1. The van der Waals surface area contributed by atoms with Gasteiger partial charge in [0.1, 0.15) is 22.7 Å². The molecule has 1 heterocycles. The molecular formula is C37H39ClF3N3O12. The molecule has 1 aliphatic heterocycles. The first kappa shape index (κ1) is 43.7. The second-order valence-electron chi connectivity index (χ2n) is 13.9. The van der Waals surface area contributed by atoms with Crippen molar-refractivity contribution in [2.75, 3.05) is 5.32 Å². The highest BCUT2D eigenvalue weighted by atomic mass is 35.5. The summed E-state index contributed by atoms with van der Waals surface area (Å²) in [6, 6.07) is 7.74. The number of nitrogens with zero attached hydrogens (tertiary/aromatic N) is 1. The second-order valence-corrected chi connectivity index (χ2v) is 13.9. The summed E-state index contributed by atoms with van der Waals surface area (Å²) in [7, 11) is 0. The number of rotatable bonds is 6. The van der Waals surface area contributed by atoms with Gasteiger partial charge in [0, 0.05) is 65.2 Å². The number of hydrogen-bond acceptors (Lipinski definition) is 13. The molecule has 7 N–H and O–H groups in total. The van der Waals surface area contributed by atoms with Crippen molar-refractivity contribution in [2.45, 2.75) is 89.4 Å². The molecule has 3 aromatic carbocycles. The van der Waals surface area contributed by atoms with E-state index in [2.05, 4.69) is 5.32 Å². The molecule has 1 fully saturated rings. The molecule has 302 valence electrons. The van der Waals surface area contributed by atoms with E-state index < -0.39 is 106 Å². The number of ketones is 3. The average molecular weight is 810 g/mol. The minimum Gasteiger partial charge on any atom is -0.507 e. The third kappa shape index (κ3) is 8.25. The van der Waals surface area contributed by atoms with Crippen molar-refractivity contribution < 1.29 is 67.2 Å². The SMILES string of the molecule is CC(=O)[C@]1(O)Cc2c(O)c3c(c(O)c2[C@@H](O[C@H]2C[C@H](N)[C@H](O)[C@H](C)O2)C1)C(=O)c1ccccc1C3=O.CC(C)C(=O)Nc1ccc([N+](=O)[O-])c(C(F)(F)F)c1.Cl. The summed E-state index contributed by atoms with van der Waals surface area (Å²) < 4.78 is 49.8. The second kappa shape index (κ2) is 16.2. The molecule has 15 nitrogen and oxygen atoms in total. The lowest BCUT2D eigenvalue weighted by molar-refractivity contribution is -0.388. The zero-order valence-corrected chi connectivity index (χ0v) is 31.1. The van der Waals surface area contributed by atoms with Crippen LogP contribution in [-0.2, 0) is 31.7 Å². The van der Waals surface area contributed by atoms with Gasteiger partial charge in [0.2, 0.25) is 5.91 Å². The minimum absolute atomic E-state index is 0. The predicted molar refractivity (Wildman–Crippen MR) is 193 cm³/mol. The van der Waals surface area contributed by atoms with Crippen molar-refractivity contribution in [1.82, 2.24) is 0 Å². The van der Waals surface area contributed by atoms with Gasteiger partial charge in [0.15, 0.2) is 23.6 Å². The normalized spacial score (nSPS) is 24.1. The Bertz CT molecular complexity index is 2080. The van der Waals surface area contributed by atoms with Crippen molar-refractivity contribution >= 4 is 47.0 Å². The number of nitrogens with one attached hydrogen (secondary N) is 1. The van der Waals surface area contributed by atoms with Crippen molar-refractivity contribution in [1.29, 1.82) is 0 Å². The van der Waals surface area contributed by atoms with Crippen LogP contribution in [0.25, 0.3) is 0 Å². The van der Waals surface area contributed by atoms with Crippen LogP contribution in [0.1, 0.15) is 95.2 Å². The van der Waals surface area contributed by atoms with Crippen LogP contribution < -0.4 is 11.1 Å². The maximum Gasteiger partial charge on any atom is 0.423 e. The number of Topliss-reactive ketones (excluding diaryl/α,β-unsaturated/α-hetero) is 1. The van der Waals surface area contributed by atoms with Gasteiger partial charge in [0.05, 0.1) is 34.4 Å². The number of carbonyl (C=O) groups is 4. The number of hydrogen-bond donors (Lipinski definition) is 6. The monoisotopic (exact) mass is 809 g/mol. The van der Waals surface area contributed by atoms with Crippen LogP contribution >= 0.6 is 12.4 Å². The van der Waals surface area contributed by atoms with Crippen molar-refractivity contribution in [3.8, 4) is 11.5 Å². The van der Waals surface area contributed by atoms with Gasteiger partial charge in [-0.25, -0.2) is 0 Å². The van der Waals surface area contributed by atoms with Gasteiger partial charge in [-0.1, -0.05) is 38.1 Å². The third-order valence-corrected chi connectivity index (χ3v) is 9.79. The number of ether oxygens (including phenoxy) is 2. The number of benzene rings is 3. The fraction of sp³-hybridized carbons (Fsp3) is 0.405. The fourth-order valence-electron chi connectivity index (χ4n) is 6.71. The maximum atomic E-state index is 13.3. The van der Waals surface area contributed by atoms with Gasteiger partial charge >= 0.3 is 6.18 Å². The Morgan fingerprint density at radius 1 is 1.07 bits per heavy atom. The number of anilines is 1. The lowest BCUT2D eigenvalue weighted by Crippen LogP contribution is -2.52. The zero-order chi connectivity index (χ0) is 40.9. The molecule has 0 aromatic heterocycles. The van der Waals surface area contributed by atoms with Crippen molar-refractivity contribution in [3.05, 3.63) is 91.5 Å². The molecule has 1 saturated heterocycles. The van der Waals surface area contributed by atoms with Gasteiger partial charge in [0.25, 0.3) is 5.69 Å². The topological polar surface area (TPSA) is 249 Å². The molecule has 6 atom stereocenters. The summed E-state index contributed by atoms with van der Waals surface area (Å²) in [5, 5.41) is 56.6. The molecule has 0 spiro atoms. The number of nitro groups is 1. The lowest BCUT2D eigenvalue weighted by atomic mass is 9.72. The van der Waals surface area contributed by atoms with Crippen LogP contribution in [0.3, 0.4) is 0 Å². The van der Waals surface area contributed by atoms with Crippen LogP contribution in [0.2, 0.25) is 0 Å². The van der Waals surface area contributed by atoms with E-state index in [4.69, 9.17) is 15.2 Å². The largest absolute Gasteiger partial charge is 0.507 e. The standard InChI is InChI=1S/C26H27NO9.C11H11F3N2O3.ClH/c1-10-21(29)15(27)7-17(35-10)36-16-9-26(34,11(2)28)8-14-18(16)25(33)20-19(24(14)32)22(30)12-5-3-4-6-13(12)23(20)31;1-6(2)10(17)15-7-3-4-9(16(18)19)8(5-7)11(12,13)14;/h3-6,10,15-17,21,29,32-34H,7-9,27H2,1-2H3;3-6H,1-2H3,(H,15,17);1H/t10-,15-,16-,17-,21+,26-;;/m0../s1. The summed E-state index contributed by atoms with van der Waals surface area (Å²) in [6.07, 6.45) is -9.24. The molecular weight excluding hydrogens is 771 g/mol. The van der Waals surface area contributed by atoms with Crippen molar-refractivity contribution in [2.24, 2.45) is 11.7 Å². The number of phenols is 2. The molecule has 19 heteroatoms. The van der Waals surface area contributed by atoms with E-state index in [-0.39, 0.29) is 64.3 Å². The minimum atomic E-state index is -4.86. The molecule has 3 aliphatic rings. The van der Waals surface area contributed by atoms with Crippen LogP contribution in [-0.4, -0.2) is 78.7 Å². The Balaban J connectivity index is 0.000000297. The summed E-state index contributed by atoms with van der Waals surface area (Å²) in [4.78, 5) is 59.8. The quantitative estimate of drug-likeness (QED) is 0.0883. The highest BCUT2D eigenvalue weighted by Crippen LogP contribution is 2.52. The average Bonchev–Trinajstić information content (AvgIpc) is 3.10. The molecule has 0 unspecified atom stereocenters. The number of alkyl halides is 3.